The van der Waals surface area contributed by atoms with Crippen LogP contribution in [0.25, 0.3) is 0 Å². The molecule has 3 N–H and O–H groups in total. The maximum Gasteiger partial charge on any atom is 0.242 e. The number of nitrogens with zero attached hydrogens (tertiary/aromatic N) is 3. The summed E-state index contributed by atoms with van der Waals surface area (Å²) >= 11 is 1.72. The van der Waals surface area contributed by atoms with E-state index in [1.54, 1.807) is 11.8 Å². The van der Waals surface area contributed by atoms with Crippen LogP contribution in [-0.4, -0.2) is 38.7 Å². The Morgan fingerprint density at radius 3 is 3.00 bits per heavy atom. The van der Waals surface area contributed by atoms with Gasteiger partial charge in [0, 0.05) is 11.8 Å². The summed E-state index contributed by atoms with van der Waals surface area (Å²) in [6.07, 6.45) is 4.39. The molecular formula is C9H17N5OS. The van der Waals surface area contributed by atoms with Crippen molar-refractivity contribution in [3.05, 3.63) is 6.33 Å². The number of nitrogens with two attached hydrogens (primary N) is 1. The molecule has 0 aromatic carbocycles. The average molecular weight is 243 g/mol. The normalized spacial score (nSPS) is 12.4. The van der Waals surface area contributed by atoms with Gasteiger partial charge in [-0.15, -0.1) is 5.10 Å². The number of anilines is 1. The third kappa shape index (κ3) is 4.09. The molecule has 0 aliphatic carbocycles. The molecule has 1 aromatic rings. The summed E-state index contributed by atoms with van der Waals surface area (Å²) in [7, 11) is 0. The van der Waals surface area contributed by atoms with Gasteiger partial charge in [-0.1, -0.05) is 6.92 Å². The largest absolute Gasteiger partial charge is 0.367 e. The van der Waals surface area contributed by atoms with E-state index in [2.05, 4.69) is 22.3 Å². The predicted octanol–water partition coefficient (Wildman–Crippen LogP) is 0.118. The Bertz CT molecular complexity index is 340. The Kier molecular flexibility index (Phi) is 5.10. The second-order valence-corrected chi connectivity index (χ2v) is 4.34. The number of carbonyl (C=O) groups is 1. The number of hydrogen-bond donors (Lipinski definition) is 2. The van der Waals surface area contributed by atoms with Crippen LogP contribution in [0.15, 0.2) is 6.33 Å². The molecule has 0 aliphatic heterocycles. The Balaban J connectivity index is 2.40. The first-order valence-corrected chi connectivity index (χ1v) is 6.48. The zero-order valence-electron chi connectivity index (χ0n) is 9.51. The van der Waals surface area contributed by atoms with Crippen molar-refractivity contribution in [1.29, 1.82) is 0 Å². The standard InChI is InChI=1S/C9H17N5OS/c1-3-7(5-16-2)12-8(15)4-14-6-11-9(10)13-14/h6-7H,3-5H2,1-2H3,(H2,10,13)(H,12,15). The number of nitrogen functional groups attached to an aromatic ring is 1. The van der Waals surface area contributed by atoms with Crippen LogP contribution in [0.2, 0.25) is 0 Å². The van der Waals surface area contributed by atoms with E-state index in [9.17, 15) is 4.79 Å². The van der Waals surface area contributed by atoms with Crippen LogP contribution in [-0.2, 0) is 11.3 Å². The lowest BCUT2D eigenvalue weighted by molar-refractivity contribution is -0.122. The number of hydrogen-bond acceptors (Lipinski definition) is 5. The first-order chi connectivity index (χ1) is 7.65. The molecule has 90 valence electrons. The molecule has 0 saturated heterocycles. The molecule has 6 nitrogen and oxygen atoms in total. The maximum absolute atomic E-state index is 11.6. The van der Waals surface area contributed by atoms with Gasteiger partial charge in [0.05, 0.1) is 0 Å². The minimum Gasteiger partial charge on any atom is -0.367 e. The van der Waals surface area contributed by atoms with Gasteiger partial charge in [0.1, 0.15) is 12.9 Å². The van der Waals surface area contributed by atoms with Gasteiger partial charge in [-0.3, -0.25) is 4.79 Å². The molecule has 0 bridgehead atoms. The summed E-state index contributed by atoms with van der Waals surface area (Å²) < 4.78 is 1.43. The molecule has 1 heterocycles. The zero-order chi connectivity index (χ0) is 12.0. The molecule has 1 rings (SSSR count). The molecule has 16 heavy (non-hydrogen) atoms. The molecule has 1 atom stereocenters. The van der Waals surface area contributed by atoms with Crippen LogP contribution in [0.1, 0.15) is 13.3 Å². The summed E-state index contributed by atoms with van der Waals surface area (Å²) in [5.74, 6) is 1.04. The van der Waals surface area contributed by atoms with Crippen molar-refractivity contribution in [2.45, 2.75) is 25.9 Å². The first-order valence-electron chi connectivity index (χ1n) is 5.09. The Labute approximate surface area is 99.0 Å². The number of carbonyl (C=O) groups excluding carboxylic acids is 1. The smallest absolute Gasteiger partial charge is 0.242 e. The van der Waals surface area contributed by atoms with Gasteiger partial charge in [-0.05, 0) is 12.7 Å². The fraction of sp³-hybridized carbons (Fsp3) is 0.667. The Morgan fingerprint density at radius 1 is 1.75 bits per heavy atom. The summed E-state index contributed by atoms with van der Waals surface area (Å²) in [6, 6.07) is 0.211. The molecule has 1 amide bonds. The SMILES string of the molecule is CCC(CSC)NC(=O)Cn1cnc(N)n1. The topological polar surface area (TPSA) is 85.8 Å². The molecule has 1 unspecified atom stereocenters. The maximum atomic E-state index is 11.6. The second-order valence-electron chi connectivity index (χ2n) is 3.43. The number of aromatic nitrogens is 3. The van der Waals surface area contributed by atoms with E-state index in [1.165, 1.54) is 11.0 Å². The highest BCUT2D eigenvalue weighted by Crippen LogP contribution is 2.01. The predicted molar refractivity (Wildman–Crippen MR) is 65.0 cm³/mol. The first kappa shape index (κ1) is 12.8. The van der Waals surface area contributed by atoms with E-state index in [-0.39, 0.29) is 24.4 Å². The lowest BCUT2D eigenvalue weighted by Gasteiger charge is -2.15. The van der Waals surface area contributed by atoms with Crippen LogP contribution < -0.4 is 11.1 Å². The summed E-state index contributed by atoms with van der Waals surface area (Å²) in [5.41, 5.74) is 5.35. The molecule has 1 aromatic heterocycles. The minimum absolute atomic E-state index is 0.0641. The zero-order valence-corrected chi connectivity index (χ0v) is 10.3. The number of rotatable bonds is 6. The molecule has 0 aliphatic rings. The fourth-order valence-electron chi connectivity index (χ4n) is 1.27. The number of nitrogens with one attached hydrogen (secondary N) is 1. The van der Waals surface area contributed by atoms with Crippen molar-refractivity contribution in [2.24, 2.45) is 0 Å². The second kappa shape index (κ2) is 6.37. The van der Waals surface area contributed by atoms with Crippen LogP contribution in [0.3, 0.4) is 0 Å². The molecular weight excluding hydrogens is 226 g/mol. The van der Waals surface area contributed by atoms with E-state index in [0.29, 0.717) is 0 Å². The van der Waals surface area contributed by atoms with Crippen molar-refractivity contribution < 1.29 is 4.79 Å². The van der Waals surface area contributed by atoms with Crippen molar-refractivity contribution in [1.82, 2.24) is 20.1 Å². The number of thioether (sulfide) groups is 1. The van der Waals surface area contributed by atoms with Crippen LogP contribution >= 0.6 is 11.8 Å². The van der Waals surface area contributed by atoms with Crippen LogP contribution in [0.5, 0.6) is 0 Å². The lowest BCUT2D eigenvalue weighted by atomic mass is 10.2. The van der Waals surface area contributed by atoms with Gasteiger partial charge in [0.25, 0.3) is 0 Å². The molecule has 0 fully saturated rings. The third-order valence-electron chi connectivity index (χ3n) is 2.09. The Hall–Kier alpha value is -1.24. The third-order valence-corrected chi connectivity index (χ3v) is 2.82. The highest BCUT2D eigenvalue weighted by atomic mass is 32.2. The highest BCUT2D eigenvalue weighted by molar-refractivity contribution is 7.98. The summed E-state index contributed by atoms with van der Waals surface area (Å²) in [4.78, 5) is 15.4. The molecule has 0 spiro atoms. The van der Waals surface area contributed by atoms with Gasteiger partial charge in [-0.2, -0.15) is 11.8 Å². The van der Waals surface area contributed by atoms with Crippen molar-refractivity contribution >= 4 is 23.6 Å². The van der Waals surface area contributed by atoms with Crippen LogP contribution in [0.4, 0.5) is 5.95 Å². The summed E-state index contributed by atoms with van der Waals surface area (Å²) in [6.45, 7) is 2.21. The van der Waals surface area contributed by atoms with Crippen molar-refractivity contribution in [3.63, 3.8) is 0 Å². The van der Waals surface area contributed by atoms with Gasteiger partial charge in [-0.25, -0.2) is 9.67 Å². The van der Waals surface area contributed by atoms with E-state index in [4.69, 9.17) is 5.73 Å². The summed E-state index contributed by atoms with van der Waals surface area (Å²) in [5, 5.41) is 6.78. The van der Waals surface area contributed by atoms with E-state index in [1.807, 2.05) is 6.26 Å². The average Bonchev–Trinajstić information content (AvgIpc) is 2.63. The van der Waals surface area contributed by atoms with E-state index < -0.39 is 0 Å². The highest BCUT2D eigenvalue weighted by Gasteiger charge is 2.10. The molecule has 7 heteroatoms. The Morgan fingerprint density at radius 2 is 2.50 bits per heavy atom. The minimum atomic E-state index is -0.0641. The van der Waals surface area contributed by atoms with Gasteiger partial charge < -0.3 is 11.1 Å². The molecule has 0 saturated carbocycles. The molecule has 0 radical (unpaired) electrons. The quantitative estimate of drug-likeness (QED) is 0.741. The lowest BCUT2D eigenvalue weighted by Crippen LogP contribution is -2.38. The van der Waals surface area contributed by atoms with Gasteiger partial charge >= 0.3 is 0 Å². The van der Waals surface area contributed by atoms with Crippen molar-refractivity contribution in [3.8, 4) is 0 Å². The van der Waals surface area contributed by atoms with Crippen LogP contribution in [0, 0.1) is 0 Å². The van der Waals surface area contributed by atoms with Gasteiger partial charge in [0.2, 0.25) is 11.9 Å². The van der Waals surface area contributed by atoms with Gasteiger partial charge in [0.15, 0.2) is 0 Å². The monoisotopic (exact) mass is 243 g/mol. The van der Waals surface area contributed by atoms with Crippen molar-refractivity contribution in [2.75, 3.05) is 17.7 Å². The van der Waals surface area contributed by atoms with E-state index >= 15 is 0 Å². The van der Waals surface area contributed by atoms with E-state index in [0.717, 1.165) is 12.2 Å². The fourth-order valence-corrected chi connectivity index (χ4v) is 1.99. The number of amides is 1.